The molecule has 0 bridgehead atoms. The lowest BCUT2D eigenvalue weighted by Crippen LogP contribution is -1.92. The van der Waals surface area contributed by atoms with E-state index in [9.17, 15) is 0 Å². The van der Waals surface area contributed by atoms with E-state index in [0.29, 0.717) is 6.42 Å². The second-order valence-corrected chi connectivity index (χ2v) is 4.17. The Balaban J connectivity index is 2.33. The largest absolute Gasteiger partial charge is 0.348 e. The Kier molecular flexibility index (Phi) is 2.89. The van der Waals surface area contributed by atoms with Gasteiger partial charge in [-0.05, 0) is 17.7 Å². The van der Waals surface area contributed by atoms with Gasteiger partial charge < -0.3 is 4.98 Å². The van der Waals surface area contributed by atoms with Crippen molar-refractivity contribution < 1.29 is 0 Å². The van der Waals surface area contributed by atoms with Gasteiger partial charge in [-0.1, -0.05) is 33.6 Å². The number of nitrogens with zero attached hydrogens (tertiary/aromatic N) is 1. The Hall–Kier alpha value is -0.800. The van der Waals surface area contributed by atoms with Gasteiger partial charge in [0.2, 0.25) is 0 Å². The van der Waals surface area contributed by atoms with Crippen LogP contribution in [0.15, 0.2) is 35.1 Å². The van der Waals surface area contributed by atoms with Crippen LogP contribution in [-0.2, 0) is 6.42 Å². The molecular formula is C10H8BrClN2. The molecule has 2 nitrogen and oxygen atoms in total. The number of H-pyrrole nitrogens is 1. The minimum Gasteiger partial charge on any atom is -0.348 e. The fourth-order valence-electron chi connectivity index (χ4n) is 1.26. The molecule has 0 aliphatic heterocycles. The van der Waals surface area contributed by atoms with Crippen LogP contribution in [0.25, 0.3) is 0 Å². The number of aromatic amines is 1. The molecule has 0 saturated heterocycles. The monoisotopic (exact) mass is 270 g/mol. The summed E-state index contributed by atoms with van der Waals surface area (Å²) in [5.41, 5.74) is 1.06. The summed E-state index contributed by atoms with van der Waals surface area (Å²) in [6, 6.07) is 5.77. The molecule has 72 valence electrons. The van der Waals surface area contributed by atoms with Crippen molar-refractivity contribution >= 4 is 27.5 Å². The number of hydrogen-bond donors (Lipinski definition) is 1. The van der Waals surface area contributed by atoms with E-state index in [1.165, 1.54) is 0 Å². The van der Waals surface area contributed by atoms with Crippen molar-refractivity contribution in [3.8, 4) is 0 Å². The highest BCUT2D eigenvalue weighted by molar-refractivity contribution is 9.10. The second kappa shape index (κ2) is 4.15. The number of imidazole rings is 1. The molecule has 0 spiro atoms. The fourth-order valence-corrected chi connectivity index (χ4v) is 2.13. The first-order chi connectivity index (χ1) is 6.77. The van der Waals surface area contributed by atoms with Gasteiger partial charge in [0.1, 0.15) is 5.82 Å². The molecule has 1 N–H and O–H groups in total. The first-order valence-corrected chi connectivity index (χ1v) is 5.35. The van der Waals surface area contributed by atoms with E-state index in [4.69, 9.17) is 11.6 Å². The van der Waals surface area contributed by atoms with Gasteiger partial charge in [-0.25, -0.2) is 4.98 Å². The van der Waals surface area contributed by atoms with E-state index in [2.05, 4.69) is 25.9 Å². The van der Waals surface area contributed by atoms with Gasteiger partial charge in [0.05, 0.1) is 0 Å². The van der Waals surface area contributed by atoms with Crippen LogP contribution in [0.1, 0.15) is 11.4 Å². The third-order valence-electron chi connectivity index (χ3n) is 1.96. The molecule has 0 aliphatic carbocycles. The molecule has 0 amide bonds. The molecule has 1 aromatic heterocycles. The molecule has 2 rings (SSSR count). The van der Waals surface area contributed by atoms with E-state index >= 15 is 0 Å². The quantitative estimate of drug-likeness (QED) is 0.891. The predicted molar refractivity (Wildman–Crippen MR) is 60.5 cm³/mol. The van der Waals surface area contributed by atoms with Crippen molar-refractivity contribution in [1.82, 2.24) is 9.97 Å². The van der Waals surface area contributed by atoms with Crippen molar-refractivity contribution in [3.05, 3.63) is 51.5 Å². The fraction of sp³-hybridized carbons (Fsp3) is 0.100. The smallest absolute Gasteiger partial charge is 0.110 e. The molecule has 4 heteroatoms. The topological polar surface area (TPSA) is 28.7 Å². The summed E-state index contributed by atoms with van der Waals surface area (Å²) >= 11 is 9.54. The minimum atomic E-state index is 0.716. The zero-order valence-corrected chi connectivity index (χ0v) is 9.64. The second-order valence-electron chi connectivity index (χ2n) is 2.91. The van der Waals surface area contributed by atoms with Crippen LogP contribution in [-0.4, -0.2) is 9.97 Å². The maximum atomic E-state index is 6.07. The van der Waals surface area contributed by atoms with Crippen molar-refractivity contribution in [1.29, 1.82) is 0 Å². The van der Waals surface area contributed by atoms with Gasteiger partial charge in [0, 0.05) is 28.3 Å². The van der Waals surface area contributed by atoms with E-state index in [-0.39, 0.29) is 0 Å². The highest BCUT2D eigenvalue weighted by Gasteiger charge is 2.06. The van der Waals surface area contributed by atoms with Gasteiger partial charge >= 0.3 is 0 Å². The zero-order valence-electron chi connectivity index (χ0n) is 7.30. The normalized spacial score (nSPS) is 10.4. The molecule has 0 unspecified atom stereocenters. The van der Waals surface area contributed by atoms with E-state index < -0.39 is 0 Å². The number of benzene rings is 1. The maximum absolute atomic E-state index is 6.07. The van der Waals surface area contributed by atoms with Gasteiger partial charge in [0.15, 0.2) is 0 Å². The standard InChI is InChI=1S/C10H8BrClN2/c11-8-2-1-3-9(12)7(8)6-10-13-4-5-14-10/h1-5H,6H2,(H,13,14). The van der Waals surface area contributed by atoms with Gasteiger partial charge in [-0.2, -0.15) is 0 Å². The van der Waals surface area contributed by atoms with E-state index in [1.54, 1.807) is 12.4 Å². The molecule has 1 heterocycles. The summed E-state index contributed by atoms with van der Waals surface area (Å²) in [7, 11) is 0. The third-order valence-corrected chi connectivity index (χ3v) is 3.06. The lowest BCUT2D eigenvalue weighted by molar-refractivity contribution is 1.02. The van der Waals surface area contributed by atoms with Crippen molar-refractivity contribution in [2.45, 2.75) is 6.42 Å². The number of halogens is 2. The number of aromatic nitrogens is 2. The van der Waals surface area contributed by atoms with Crippen LogP contribution in [0.4, 0.5) is 0 Å². The maximum Gasteiger partial charge on any atom is 0.110 e. The molecule has 1 aromatic carbocycles. The average Bonchev–Trinajstić information content (AvgIpc) is 2.64. The first-order valence-electron chi connectivity index (χ1n) is 4.18. The molecule has 0 aliphatic rings. The molecule has 0 fully saturated rings. The summed E-state index contributed by atoms with van der Waals surface area (Å²) < 4.78 is 1.02. The van der Waals surface area contributed by atoms with Crippen LogP contribution in [0.3, 0.4) is 0 Å². The Morgan fingerprint density at radius 1 is 1.43 bits per heavy atom. The molecule has 0 saturated carbocycles. The van der Waals surface area contributed by atoms with E-state index in [0.717, 1.165) is 20.9 Å². The summed E-state index contributed by atoms with van der Waals surface area (Å²) in [5, 5.41) is 0.760. The van der Waals surface area contributed by atoms with Crippen molar-refractivity contribution in [3.63, 3.8) is 0 Å². The first kappa shape index (κ1) is 9.74. The Morgan fingerprint density at radius 2 is 2.29 bits per heavy atom. The van der Waals surface area contributed by atoms with Crippen molar-refractivity contribution in [2.24, 2.45) is 0 Å². The van der Waals surface area contributed by atoms with Crippen molar-refractivity contribution in [2.75, 3.05) is 0 Å². The van der Waals surface area contributed by atoms with Gasteiger partial charge in [-0.3, -0.25) is 0 Å². The molecule has 14 heavy (non-hydrogen) atoms. The van der Waals surface area contributed by atoms with Crippen LogP contribution in [0, 0.1) is 0 Å². The van der Waals surface area contributed by atoms with E-state index in [1.807, 2.05) is 18.2 Å². The molecular weight excluding hydrogens is 263 g/mol. The SMILES string of the molecule is Clc1cccc(Br)c1Cc1ncc[nH]1. The lowest BCUT2D eigenvalue weighted by atomic mass is 10.1. The number of rotatable bonds is 2. The number of nitrogens with one attached hydrogen (secondary N) is 1. The van der Waals surface area contributed by atoms with Crippen LogP contribution >= 0.6 is 27.5 Å². The molecule has 0 atom stereocenters. The summed E-state index contributed by atoms with van der Waals surface area (Å²) in [5.74, 6) is 0.916. The number of hydrogen-bond acceptors (Lipinski definition) is 1. The Morgan fingerprint density at radius 3 is 2.93 bits per heavy atom. The summed E-state index contributed by atoms with van der Waals surface area (Å²) in [6.07, 6.45) is 4.26. The summed E-state index contributed by atoms with van der Waals surface area (Å²) in [6.45, 7) is 0. The average molecular weight is 272 g/mol. The Bertz CT molecular complexity index is 405. The third kappa shape index (κ3) is 1.99. The highest BCUT2D eigenvalue weighted by Crippen LogP contribution is 2.26. The molecule has 0 radical (unpaired) electrons. The highest BCUT2D eigenvalue weighted by atomic mass is 79.9. The zero-order chi connectivity index (χ0) is 9.97. The minimum absolute atomic E-state index is 0.716. The predicted octanol–water partition coefficient (Wildman–Crippen LogP) is 3.42. The summed E-state index contributed by atoms with van der Waals surface area (Å²) in [4.78, 5) is 7.21. The lowest BCUT2D eigenvalue weighted by Gasteiger charge is -2.04. The van der Waals surface area contributed by atoms with Crippen LogP contribution in [0.5, 0.6) is 0 Å². The van der Waals surface area contributed by atoms with Gasteiger partial charge in [0.25, 0.3) is 0 Å². The van der Waals surface area contributed by atoms with Crippen LogP contribution < -0.4 is 0 Å². The Labute approximate surface area is 95.5 Å². The van der Waals surface area contributed by atoms with Gasteiger partial charge in [-0.15, -0.1) is 0 Å². The van der Waals surface area contributed by atoms with Crippen LogP contribution in [0.2, 0.25) is 5.02 Å². The molecule has 2 aromatic rings.